The Morgan fingerprint density at radius 3 is 2.47 bits per heavy atom. The van der Waals surface area contributed by atoms with Crippen LogP contribution in [0.25, 0.3) is 0 Å². The smallest absolute Gasteiger partial charge is 0.120 e. The van der Waals surface area contributed by atoms with E-state index in [1.54, 1.807) is 0 Å². The molecule has 4 heteroatoms. The van der Waals surface area contributed by atoms with Gasteiger partial charge in [0.2, 0.25) is 0 Å². The predicted molar refractivity (Wildman–Crippen MR) is 85.5 cm³/mol. The summed E-state index contributed by atoms with van der Waals surface area (Å²) in [4.78, 5) is 0. The highest BCUT2D eigenvalue weighted by atomic mass is 79.9. The van der Waals surface area contributed by atoms with Crippen LogP contribution in [0.3, 0.4) is 0 Å². The number of rotatable bonds is 6. The van der Waals surface area contributed by atoms with Crippen molar-refractivity contribution in [3.05, 3.63) is 63.0 Å². The fraction of sp³-hybridized carbons (Fsp3) is 0.200. The maximum absolute atomic E-state index is 5.64. The Morgan fingerprint density at radius 2 is 1.74 bits per heavy atom. The number of nitrogens with one attached hydrogen (secondary N) is 1. The Labute approximate surface area is 130 Å². The molecule has 2 aromatic rings. The monoisotopic (exact) mass is 383 g/mol. The van der Waals surface area contributed by atoms with Crippen molar-refractivity contribution in [3.8, 4) is 5.75 Å². The van der Waals surface area contributed by atoms with Crippen LogP contribution in [0.2, 0.25) is 0 Å². The molecule has 0 amide bonds. The molecule has 0 spiro atoms. The van der Waals surface area contributed by atoms with Crippen molar-refractivity contribution >= 4 is 31.9 Å². The highest BCUT2D eigenvalue weighted by Crippen LogP contribution is 2.17. The molecule has 0 saturated heterocycles. The summed E-state index contributed by atoms with van der Waals surface area (Å²) in [5.74, 6) is 0.889. The third-order valence-corrected chi connectivity index (χ3v) is 3.61. The van der Waals surface area contributed by atoms with Gasteiger partial charge in [0, 0.05) is 22.0 Å². The van der Waals surface area contributed by atoms with Gasteiger partial charge in [-0.15, -0.1) is 0 Å². The minimum Gasteiger partial charge on any atom is -0.492 e. The standard InChI is InChI=1S/C15H15Br2NO/c16-13-6-4-12(5-7-13)11-18-8-9-19-15-3-1-2-14(17)10-15/h1-7,10,18H,8-9,11H2. The molecule has 0 heterocycles. The normalized spacial score (nSPS) is 10.4. The summed E-state index contributed by atoms with van der Waals surface area (Å²) in [5, 5.41) is 3.35. The van der Waals surface area contributed by atoms with E-state index < -0.39 is 0 Å². The number of ether oxygens (including phenoxy) is 1. The first-order valence-corrected chi connectivity index (χ1v) is 7.66. The Bertz CT molecular complexity index is 514. The van der Waals surface area contributed by atoms with Crippen molar-refractivity contribution < 1.29 is 4.74 Å². The second kappa shape index (κ2) is 7.68. The molecule has 0 bridgehead atoms. The van der Waals surface area contributed by atoms with E-state index in [-0.39, 0.29) is 0 Å². The van der Waals surface area contributed by atoms with Gasteiger partial charge in [-0.25, -0.2) is 0 Å². The van der Waals surface area contributed by atoms with Crippen LogP contribution in [-0.4, -0.2) is 13.2 Å². The summed E-state index contributed by atoms with van der Waals surface area (Å²) in [6.45, 7) is 2.34. The Balaban J connectivity index is 1.66. The van der Waals surface area contributed by atoms with E-state index in [2.05, 4.69) is 61.4 Å². The first kappa shape index (κ1) is 14.6. The summed E-state index contributed by atoms with van der Waals surface area (Å²) in [6, 6.07) is 16.2. The van der Waals surface area contributed by atoms with Gasteiger partial charge in [0.05, 0.1) is 0 Å². The minimum atomic E-state index is 0.660. The van der Waals surface area contributed by atoms with Crippen LogP contribution < -0.4 is 10.1 Å². The number of hydrogen-bond acceptors (Lipinski definition) is 2. The van der Waals surface area contributed by atoms with Crippen LogP contribution >= 0.6 is 31.9 Å². The van der Waals surface area contributed by atoms with E-state index in [1.165, 1.54) is 5.56 Å². The highest BCUT2D eigenvalue weighted by molar-refractivity contribution is 9.10. The number of benzene rings is 2. The van der Waals surface area contributed by atoms with Crippen molar-refractivity contribution in [2.45, 2.75) is 6.54 Å². The van der Waals surface area contributed by atoms with Gasteiger partial charge >= 0.3 is 0 Å². The molecule has 0 unspecified atom stereocenters. The molecule has 2 nitrogen and oxygen atoms in total. The van der Waals surface area contributed by atoms with Crippen LogP contribution in [0, 0.1) is 0 Å². The Hall–Kier alpha value is -0.840. The van der Waals surface area contributed by atoms with Crippen LogP contribution in [0.4, 0.5) is 0 Å². The average Bonchev–Trinajstić information content (AvgIpc) is 2.41. The van der Waals surface area contributed by atoms with Gasteiger partial charge in [0.1, 0.15) is 12.4 Å². The minimum absolute atomic E-state index is 0.660. The zero-order valence-electron chi connectivity index (χ0n) is 10.4. The largest absolute Gasteiger partial charge is 0.492 e. The number of hydrogen-bond donors (Lipinski definition) is 1. The Morgan fingerprint density at radius 1 is 0.947 bits per heavy atom. The van der Waals surface area contributed by atoms with Gasteiger partial charge in [0.15, 0.2) is 0 Å². The van der Waals surface area contributed by atoms with Crippen LogP contribution in [0.1, 0.15) is 5.56 Å². The maximum atomic E-state index is 5.64. The van der Waals surface area contributed by atoms with E-state index in [4.69, 9.17) is 4.74 Å². The van der Waals surface area contributed by atoms with E-state index in [0.29, 0.717) is 6.61 Å². The van der Waals surface area contributed by atoms with Gasteiger partial charge in [0.25, 0.3) is 0 Å². The molecule has 0 aliphatic rings. The lowest BCUT2D eigenvalue weighted by Gasteiger charge is -2.08. The molecule has 19 heavy (non-hydrogen) atoms. The first-order valence-electron chi connectivity index (χ1n) is 6.07. The Kier molecular flexibility index (Phi) is 5.89. The van der Waals surface area contributed by atoms with E-state index in [0.717, 1.165) is 27.8 Å². The molecular weight excluding hydrogens is 370 g/mol. The van der Waals surface area contributed by atoms with Gasteiger partial charge in [-0.1, -0.05) is 50.1 Å². The van der Waals surface area contributed by atoms with Gasteiger partial charge in [-0.3, -0.25) is 0 Å². The molecule has 0 aliphatic carbocycles. The molecule has 1 N–H and O–H groups in total. The second-order valence-corrected chi connectivity index (χ2v) is 5.94. The van der Waals surface area contributed by atoms with Crippen LogP contribution in [0.15, 0.2) is 57.5 Å². The van der Waals surface area contributed by atoms with Gasteiger partial charge < -0.3 is 10.1 Å². The average molecular weight is 385 g/mol. The fourth-order valence-corrected chi connectivity index (χ4v) is 2.28. The summed E-state index contributed by atoms with van der Waals surface area (Å²) in [5.41, 5.74) is 1.27. The lowest BCUT2D eigenvalue weighted by Crippen LogP contribution is -2.20. The molecule has 0 saturated carbocycles. The maximum Gasteiger partial charge on any atom is 0.120 e. The molecule has 2 rings (SSSR count). The zero-order valence-corrected chi connectivity index (χ0v) is 13.6. The van der Waals surface area contributed by atoms with Gasteiger partial charge in [-0.05, 0) is 35.9 Å². The lowest BCUT2D eigenvalue weighted by molar-refractivity contribution is 0.313. The molecule has 0 radical (unpaired) electrons. The molecule has 0 atom stereocenters. The van der Waals surface area contributed by atoms with Crippen molar-refractivity contribution in [3.63, 3.8) is 0 Å². The van der Waals surface area contributed by atoms with Crippen LogP contribution in [0.5, 0.6) is 5.75 Å². The predicted octanol–water partition coefficient (Wildman–Crippen LogP) is 4.38. The molecule has 2 aromatic carbocycles. The molecule has 0 fully saturated rings. The first-order chi connectivity index (χ1) is 9.24. The van der Waals surface area contributed by atoms with Crippen molar-refractivity contribution in [1.82, 2.24) is 5.32 Å². The SMILES string of the molecule is Brc1ccc(CNCCOc2cccc(Br)c2)cc1. The van der Waals surface area contributed by atoms with Crippen LogP contribution in [-0.2, 0) is 6.54 Å². The summed E-state index contributed by atoms with van der Waals surface area (Å²) in [6.07, 6.45) is 0. The zero-order chi connectivity index (χ0) is 13.5. The van der Waals surface area contributed by atoms with Crippen molar-refractivity contribution in [2.24, 2.45) is 0 Å². The van der Waals surface area contributed by atoms with E-state index in [1.807, 2.05) is 24.3 Å². The fourth-order valence-electron chi connectivity index (χ4n) is 1.63. The molecule has 0 aliphatic heterocycles. The van der Waals surface area contributed by atoms with Crippen molar-refractivity contribution in [2.75, 3.05) is 13.2 Å². The number of halogens is 2. The topological polar surface area (TPSA) is 21.3 Å². The second-order valence-electron chi connectivity index (χ2n) is 4.11. The van der Waals surface area contributed by atoms with E-state index >= 15 is 0 Å². The summed E-state index contributed by atoms with van der Waals surface area (Å²) >= 11 is 6.85. The van der Waals surface area contributed by atoms with E-state index in [9.17, 15) is 0 Å². The molecular formula is C15H15Br2NO. The lowest BCUT2D eigenvalue weighted by atomic mass is 10.2. The van der Waals surface area contributed by atoms with Crippen molar-refractivity contribution in [1.29, 1.82) is 0 Å². The quantitative estimate of drug-likeness (QED) is 0.746. The highest BCUT2D eigenvalue weighted by Gasteiger charge is 1.95. The molecule has 100 valence electrons. The third kappa shape index (κ3) is 5.35. The third-order valence-electron chi connectivity index (χ3n) is 2.59. The summed E-state index contributed by atoms with van der Waals surface area (Å²) in [7, 11) is 0. The van der Waals surface area contributed by atoms with Gasteiger partial charge in [-0.2, -0.15) is 0 Å². The molecule has 0 aromatic heterocycles. The summed E-state index contributed by atoms with van der Waals surface area (Å²) < 4.78 is 7.78.